The zero-order chi connectivity index (χ0) is 15.5. The Hall–Kier alpha value is -2.39. The highest BCUT2D eigenvalue weighted by molar-refractivity contribution is 6.32. The average molecular weight is 314 g/mol. The first-order chi connectivity index (χ1) is 9.87. The molecule has 0 aromatic heterocycles. The van der Waals surface area contributed by atoms with E-state index in [2.05, 4.69) is 4.74 Å². The first-order valence-electron chi connectivity index (χ1n) is 5.61. The van der Waals surface area contributed by atoms with E-state index in [0.29, 0.717) is 11.3 Å². The lowest BCUT2D eigenvalue weighted by Crippen LogP contribution is -2.16. The molecule has 108 valence electrons. The third kappa shape index (κ3) is 4.29. The molecular weight excluding hydrogens is 307 g/mol. The Bertz CT molecular complexity index is 678. The van der Waals surface area contributed by atoms with E-state index in [4.69, 9.17) is 21.6 Å². The van der Waals surface area contributed by atoms with Crippen molar-refractivity contribution in [3.8, 4) is 23.3 Å². The predicted octanol–water partition coefficient (Wildman–Crippen LogP) is 4.90. The van der Waals surface area contributed by atoms with Crippen LogP contribution in [0.5, 0.6) is 17.2 Å². The molecule has 0 aliphatic heterocycles. The Morgan fingerprint density at radius 3 is 2.14 bits per heavy atom. The van der Waals surface area contributed by atoms with Crippen molar-refractivity contribution in [1.82, 2.24) is 0 Å². The van der Waals surface area contributed by atoms with E-state index in [1.165, 1.54) is 30.3 Å². The van der Waals surface area contributed by atoms with Crippen molar-refractivity contribution >= 4 is 11.6 Å². The molecule has 0 fully saturated rings. The summed E-state index contributed by atoms with van der Waals surface area (Å²) >= 11 is 5.93. The normalized spacial score (nSPS) is 10.8. The van der Waals surface area contributed by atoms with Crippen molar-refractivity contribution in [2.24, 2.45) is 0 Å². The van der Waals surface area contributed by atoms with Gasteiger partial charge in [-0.3, -0.25) is 0 Å². The number of nitrogens with zero attached hydrogens (tertiary/aromatic N) is 1. The number of alkyl halides is 3. The fourth-order valence-electron chi connectivity index (χ4n) is 1.49. The molecule has 2 rings (SSSR count). The smallest absolute Gasteiger partial charge is 0.456 e. The van der Waals surface area contributed by atoms with Crippen LogP contribution in [0.4, 0.5) is 13.2 Å². The van der Waals surface area contributed by atoms with Crippen molar-refractivity contribution in [2.75, 3.05) is 0 Å². The van der Waals surface area contributed by atoms with Crippen molar-refractivity contribution in [1.29, 1.82) is 5.26 Å². The molecule has 0 saturated carbocycles. The van der Waals surface area contributed by atoms with Crippen LogP contribution in [0, 0.1) is 11.3 Å². The van der Waals surface area contributed by atoms with Gasteiger partial charge < -0.3 is 9.47 Å². The predicted molar refractivity (Wildman–Crippen MR) is 69.4 cm³/mol. The Morgan fingerprint density at radius 1 is 1.00 bits per heavy atom. The number of hydrogen-bond acceptors (Lipinski definition) is 3. The number of benzene rings is 2. The van der Waals surface area contributed by atoms with Crippen molar-refractivity contribution in [3.63, 3.8) is 0 Å². The Labute approximate surface area is 123 Å². The molecule has 0 spiro atoms. The van der Waals surface area contributed by atoms with Gasteiger partial charge in [0.15, 0.2) is 0 Å². The van der Waals surface area contributed by atoms with E-state index < -0.39 is 6.36 Å². The highest BCUT2D eigenvalue weighted by Gasteiger charge is 2.30. The van der Waals surface area contributed by atoms with Gasteiger partial charge in [-0.1, -0.05) is 11.6 Å². The lowest BCUT2D eigenvalue weighted by molar-refractivity contribution is -0.274. The van der Waals surface area contributed by atoms with Gasteiger partial charge in [-0.2, -0.15) is 5.26 Å². The van der Waals surface area contributed by atoms with Gasteiger partial charge in [0.05, 0.1) is 16.7 Å². The number of hydrogen-bond donors (Lipinski definition) is 0. The summed E-state index contributed by atoms with van der Waals surface area (Å²) in [6.45, 7) is 0. The monoisotopic (exact) mass is 313 g/mol. The van der Waals surface area contributed by atoms with Crippen molar-refractivity contribution in [3.05, 3.63) is 53.1 Å². The summed E-state index contributed by atoms with van der Waals surface area (Å²) in [7, 11) is 0. The molecular formula is C14H7ClF3NO2. The molecule has 0 saturated heterocycles. The fraction of sp³-hybridized carbons (Fsp3) is 0.0714. The fourth-order valence-corrected chi connectivity index (χ4v) is 1.71. The van der Waals surface area contributed by atoms with Crippen LogP contribution < -0.4 is 9.47 Å². The van der Waals surface area contributed by atoms with Crippen LogP contribution in [-0.2, 0) is 0 Å². The van der Waals surface area contributed by atoms with E-state index in [0.717, 1.165) is 12.1 Å². The SMILES string of the molecule is N#Cc1ccc(Oc2ccc(OC(F)(F)F)cc2)c(Cl)c1. The first kappa shape index (κ1) is 15.0. The molecule has 0 unspecified atom stereocenters. The van der Waals surface area contributed by atoms with E-state index in [9.17, 15) is 13.2 Å². The van der Waals surface area contributed by atoms with E-state index in [-0.39, 0.29) is 16.5 Å². The largest absolute Gasteiger partial charge is 0.573 e. The van der Waals surface area contributed by atoms with Crippen LogP contribution in [0.25, 0.3) is 0 Å². The molecule has 3 nitrogen and oxygen atoms in total. The second-order valence-electron chi connectivity index (χ2n) is 3.88. The van der Waals surface area contributed by atoms with Gasteiger partial charge >= 0.3 is 6.36 Å². The van der Waals surface area contributed by atoms with Gasteiger partial charge in [-0.25, -0.2) is 0 Å². The standard InChI is InChI=1S/C14H7ClF3NO2/c15-12-7-9(8-19)1-6-13(12)20-10-2-4-11(5-3-10)21-14(16,17)18/h1-7H. The maximum Gasteiger partial charge on any atom is 0.573 e. The van der Waals surface area contributed by atoms with Gasteiger partial charge in [0.2, 0.25) is 0 Å². The van der Waals surface area contributed by atoms with Crippen molar-refractivity contribution < 1.29 is 22.6 Å². The highest BCUT2D eigenvalue weighted by Crippen LogP contribution is 2.31. The Balaban J connectivity index is 2.12. The average Bonchev–Trinajstić information content (AvgIpc) is 2.41. The highest BCUT2D eigenvalue weighted by atomic mass is 35.5. The summed E-state index contributed by atoms with van der Waals surface area (Å²) in [5, 5.41) is 8.94. The molecule has 21 heavy (non-hydrogen) atoms. The summed E-state index contributed by atoms with van der Waals surface area (Å²) in [5.41, 5.74) is 0.376. The minimum atomic E-state index is -4.74. The lowest BCUT2D eigenvalue weighted by Gasteiger charge is -2.10. The quantitative estimate of drug-likeness (QED) is 0.809. The van der Waals surface area contributed by atoms with Gasteiger partial charge in [-0.05, 0) is 42.5 Å². The third-order valence-electron chi connectivity index (χ3n) is 2.35. The van der Waals surface area contributed by atoms with Gasteiger partial charge in [0.1, 0.15) is 17.2 Å². The molecule has 0 amide bonds. The Kier molecular flexibility index (Phi) is 4.24. The molecule has 0 aliphatic rings. The van der Waals surface area contributed by atoms with Gasteiger partial charge in [0, 0.05) is 0 Å². The van der Waals surface area contributed by atoms with E-state index in [1.54, 1.807) is 0 Å². The molecule has 0 bridgehead atoms. The van der Waals surface area contributed by atoms with E-state index in [1.807, 2.05) is 6.07 Å². The Morgan fingerprint density at radius 2 is 1.62 bits per heavy atom. The number of nitriles is 1. The molecule has 2 aromatic rings. The minimum absolute atomic E-state index is 0.227. The van der Waals surface area contributed by atoms with Crippen molar-refractivity contribution in [2.45, 2.75) is 6.36 Å². The first-order valence-corrected chi connectivity index (χ1v) is 5.98. The zero-order valence-electron chi connectivity index (χ0n) is 10.3. The molecule has 0 heterocycles. The maximum absolute atomic E-state index is 12.0. The van der Waals surface area contributed by atoms with Crippen LogP contribution in [-0.4, -0.2) is 6.36 Å². The topological polar surface area (TPSA) is 42.2 Å². The molecule has 0 radical (unpaired) electrons. The summed E-state index contributed by atoms with van der Waals surface area (Å²) in [6.07, 6.45) is -4.74. The molecule has 2 aromatic carbocycles. The number of halogens is 4. The molecule has 0 atom stereocenters. The van der Waals surface area contributed by atoms with E-state index >= 15 is 0 Å². The summed E-state index contributed by atoms with van der Waals surface area (Å²) in [6, 6.07) is 11.3. The second kappa shape index (κ2) is 5.94. The van der Waals surface area contributed by atoms with Crippen LogP contribution in [0.15, 0.2) is 42.5 Å². The van der Waals surface area contributed by atoms with Crippen LogP contribution >= 0.6 is 11.6 Å². The zero-order valence-corrected chi connectivity index (χ0v) is 11.1. The van der Waals surface area contributed by atoms with Crippen LogP contribution in [0.3, 0.4) is 0 Å². The lowest BCUT2D eigenvalue weighted by atomic mass is 10.2. The molecule has 0 N–H and O–H groups in total. The summed E-state index contributed by atoms with van der Waals surface area (Å²) in [5.74, 6) is 0.233. The summed E-state index contributed by atoms with van der Waals surface area (Å²) in [4.78, 5) is 0. The number of rotatable bonds is 3. The third-order valence-corrected chi connectivity index (χ3v) is 2.64. The van der Waals surface area contributed by atoms with Gasteiger partial charge in [0.25, 0.3) is 0 Å². The summed E-state index contributed by atoms with van der Waals surface area (Å²) < 4.78 is 45.2. The molecule has 0 aliphatic carbocycles. The minimum Gasteiger partial charge on any atom is -0.456 e. The van der Waals surface area contributed by atoms with Gasteiger partial charge in [-0.15, -0.1) is 13.2 Å². The van der Waals surface area contributed by atoms with Crippen LogP contribution in [0.1, 0.15) is 5.56 Å². The number of ether oxygens (including phenoxy) is 2. The second-order valence-corrected chi connectivity index (χ2v) is 4.29. The maximum atomic E-state index is 12.0. The molecule has 7 heteroatoms. The van der Waals surface area contributed by atoms with Crippen LogP contribution in [0.2, 0.25) is 5.02 Å².